The molecule has 0 radical (unpaired) electrons. The third kappa shape index (κ3) is 5.01. The average Bonchev–Trinajstić information content (AvgIpc) is 2.23. The molecule has 0 spiro atoms. The van der Waals surface area contributed by atoms with Crippen LogP contribution in [0.5, 0.6) is 0 Å². The van der Waals surface area contributed by atoms with E-state index in [4.69, 9.17) is 9.84 Å². The van der Waals surface area contributed by atoms with E-state index < -0.39 is 17.6 Å². The van der Waals surface area contributed by atoms with E-state index >= 15 is 0 Å². The van der Waals surface area contributed by atoms with Crippen molar-refractivity contribution in [3.8, 4) is 0 Å². The molecule has 94 valence electrons. The Hall–Kier alpha value is -2.05. The number of aliphatic hydroxyl groups excluding tert-OH is 1. The third-order valence-electron chi connectivity index (χ3n) is 1.56. The fraction of sp³-hybridized carbons (Fsp3) is 0.500. The van der Waals surface area contributed by atoms with Crippen molar-refractivity contribution in [2.75, 3.05) is 6.54 Å². The fourth-order valence-electron chi connectivity index (χ4n) is 1.02. The summed E-state index contributed by atoms with van der Waals surface area (Å²) in [5.41, 5.74) is -0.639. The minimum atomic E-state index is -0.724. The monoisotopic (exact) mass is 241 g/mol. The van der Waals surface area contributed by atoms with Crippen LogP contribution in [0.3, 0.4) is 0 Å². The predicted molar refractivity (Wildman–Crippen MR) is 60.5 cm³/mol. The molecule has 0 fully saturated rings. The number of guanidine groups is 1. The second-order valence-electron chi connectivity index (χ2n) is 4.42. The minimum absolute atomic E-state index is 0.0513. The first-order chi connectivity index (χ1) is 7.76. The molecule has 0 unspecified atom stereocenters. The highest BCUT2D eigenvalue weighted by Gasteiger charge is 2.19. The summed E-state index contributed by atoms with van der Waals surface area (Å²) < 4.78 is 4.98. The Kier molecular flexibility index (Phi) is 3.72. The lowest BCUT2D eigenvalue weighted by molar-refractivity contribution is -0.115. The topological polar surface area (TPSA) is 100 Å². The molecule has 1 aliphatic heterocycles. The number of carbonyl (C=O) groups is 2. The Morgan fingerprint density at radius 3 is 2.82 bits per heavy atom. The largest absolute Gasteiger partial charge is 0.510 e. The number of ether oxygens (including phenoxy) is 1. The number of hydrogen-bond donors (Lipinski definition) is 3. The Morgan fingerprint density at radius 2 is 2.24 bits per heavy atom. The van der Waals surface area contributed by atoms with Gasteiger partial charge in [0.15, 0.2) is 0 Å². The maximum atomic E-state index is 11.4. The molecule has 3 N–H and O–H groups in total. The van der Waals surface area contributed by atoms with Crippen LogP contribution in [0, 0.1) is 0 Å². The van der Waals surface area contributed by atoms with Gasteiger partial charge in [-0.25, -0.2) is 9.79 Å². The summed E-state index contributed by atoms with van der Waals surface area (Å²) in [7, 11) is 0. The number of rotatable bonds is 0. The van der Waals surface area contributed by atoms with Crippen LogP contribution in [-0.2, 0) is 9.53 Å². The lowest BCUT2D eigenvalue weighted by atomic mass is 10.2. The fourth-order valence-corrected chi connectivity index (χ4v) is 1.02. The summed E-state index contributed by atoms with van der Waals surface area (Å²) >= 11 is 0. The van der Waals surface area contributed by atoms with Crippen molar-refractivity contribution < 1.29 is 19.4 Å². The van der Waals surface area contributed by atoms with Crippen LogP contribution in [0.2, 0.25) is 0 Å². The molecule has 0 aromatic carbocycles. The van der Waals surface area contributed by atoms with Crippen LogP contribution in [0.25, 0.3) is 0 Å². The number of aliphatic imine (C=N–C) groups is 1. The molecule has 0 atom stereocenters. The molecule has 2 amide bonds. The highest BCUT2D eigenvalue weighted by atomic mass is 16.6. The molecular formula is C10H15N3O4. The van der Waals surface area contributed by atoms with Gasteiger partial charge in [0.1, 0.15) is 17.9 Å². The summed E-state index contributed by atoms with van der Waals surface area (Å²) in [5.74, 6) is -0.789. The van der Waals surface area contributed by atoms with Crippen molar-refractivity contribution in [2.24, 2.45) is 4.99 Å². The van der Waals surface area contributed by atoms with Crippen molar-refractivity contribution >= 4 is 18.0 Å². The van der Waals surface area contributed by atoms with Gasteiger partial charge in [-0.3, -0.25) is 15.4 Å². The quantitative estimate of drug-likeness (QED) is 0.572. The second-order valence-corrected chi connectivity index (χ2v) is 4.42. The van der Waals surface area contributed by atoms with Gasteiger partial charge in [-0.15, -0.1) is 0 Å². The summed E-state index contributed by atoms with van der Waals surface area (Å²) in [4.78, 5) is 26.3. The maximum Gasteiger partial charge on any atom is 0.414 e. The SMILES string of the molecule is CC(C)(C)OC(=O)NC1=NCC(O)=CC(=O)N1. The molecule has 17 heavy (non-hydrogen) atoms. The van der Waals surface area contributed by atoms with E-state index in [-0.39, 0.29) is 18.3 Å². The standard InChI is InChI=1S/C10H15N3O4/c1-10(2,3)17-9(16)13-8-11-5-6(14)4-7(15)12-8/h4,14H,5H2,1-3H3,(H2,11,12,13,15,16). The molecule has 0 aliphatic carbocycles. The van der Waals surface area contributed by atoms with Crippen LogP contribution in [0.1, 0.15) is 20.8 Å². The van der Waals surface area contributed by atoms with Crippen LogP contribution in [-0.4, -0.2) is 35.2 Å². The zero-order chi connectivity index (χ0) is 13.1. The Labute approximate surface area is 98.6 Å². The Balaban J connectivity index is 2.59. The summed E-state index contributed by atoms with van der Waals surface area (Å²) in [6.45, 7) is 5.07. The average molecular weight is 241 g/mol. The summed E-state index contributed by atoms with van der Waals surface area (Å²) in [6.07, 6.45) is 0.269. The van der Waals surface area contributed by atoms with Crippen molar-refractivity contribution in [3.63, 3.8) is 0 Å². The van der Waals surface area contributed by atoms with Gasteiger partial charge in [0, 0.05) is 6.08 Å². The van der Waals surface area contributed by atoms with E-state index in [1.54, 1.807) is 20.8 Å². The van der Waals surface area contributed by atoms with Crippen LogP contribution >= 0.6 is 0 Å². The summed E-state index contributed by atoms with van der Waals surface area (Å²) in [5, 5.41) is 13.7. The molecule has 0 aromatic heterocycles. The number of amides is 2. The van der Waals surface area contributed by atoms with Crippen molar-refractivity contribution in [3.05, 3.63) is 11.8 Å². The van der Waals surface area contributed by atoms with E-state index in [0.717, 1.165) is 6.08 Å². The molecule has 0 bridgehead atoms. The first-order valence-electron chi connectivity index (χ1n) is 5.01. The molecular weight excluding hydrogens is 226 g/mol. The molecule has 1 rings (SSSR count). The van der Waals surface area contributed by atoms with Gasteiger partial charge in [-0.05, 0) is 20.8 Å². The minimum Gasteiger partial charge on any atom is -0.510 e. The van der Waals surface area contributed by atoms with E-state index in [9.17, 15) is 9.59 Å². The van der Waals surface area contributed by atoms with E-state index in [1.165, 1.54) is 0 Å². The van der Waals surface area contributed by atoms with E-state index in [2.05, 4.69) is 15.6 Å². The van der Waals surface area contributed by atoms with Crippen LogP contribution in [0.15, 0.2) is 16.8 Å². The van der Waals surface area contributed by atoms with Gasteiger partial charge in [-0.1, -0.05) is 0 Å². The highest BCUT2D eigenvalue weighted by Crippen LogP contribution is 2.06. The molecule has 0 aromatic rings. The maximum absolute atomic E-state index is 11.4. The number of alkyl carbamates (subject to hydrolysis) is 1. The zero-order valence-corrected chi connectivity index (χ0v) is 9.90. The molecule has 1 heterocycles. The lowest BCUT2D eigenvalue weighted by Crippen LogP contribution is -2.44. The predicted octanol–water partition coefficient (Wildman–Crippen LogP) is 0.439. The summed E-state index contributed by atoms with van der Waals surface area (Å²) in [6, 6.07) is 0. The van der Waals surface area contributed by atoms with Gasteiger partial charge in [0.05, 0.1) is 0 Å². The van der Waals surface area contributed by atoms with Gasteiger partial charge in [0.25, 0.3) is 5.91 Å². The first kappa shape index (κ1) is 13.0. The van der Waals surface area contributed by atoms with Gasteiger partial charge in [0.2, 0.25) is 5.96 Å². The molecule has 0 saturated carbocycles. The molecule has 1 aliphatic rings. The van der Waals surface area contributed by atoms with Crippen LogP contribution < -0.4 is 10.6 Å². The Morgan fingerprint density at radius 1 is 1.59 bits per heavy atom. The van der Waals surface area contributed by atoms with Crippen LogP contribution in [0.4, 0.5) is 4.79 Å². The molecule has 0 saturated heterocycles. The van der Waals surface area contributed by atoms with Gasteiger partial charge >= 0.3 is 6.09 Å². The van der Waals surface area contributed by atoms with Crippen molar-refractivity contribution in [2.45, 2.75) is 26.4 Å². The number of nitrogens with zero attached hydrogens (tertiary/aromatic N) is 1. The van der Waals surface area contributed by atoms with E-state index in [0.29, 0.717) is 0 Å². The zero-order valence-electron chi connectivity index (χ0n) is 9.90. The smallest absolute Gasteiger partial charge is 0.414 e. The molecule has 7 nitrogen and oxygen atoms in total. The third-order valence-corrected chi connectivity index (χ3v) is 1.56. The number of aliphatic hydroxyl groups is 1. The highest BCUT2D eigenvalue weighted by molar-refractivity contribution is 6.07. The lowest BCUT2D eigenvalue weighted by Gasteiger charge is -2.19. The van der Waals surface area contributed by atoms with Crippen molar-refractivity contribution in [1.29, 1.82) is 0 Å². The normalized spacial score (nSPS) is 16.3. The Bertz CT molecular complexity index is 393. The first-order valence-corrected chi connectivity index (χ1v) is 5.01. The van der Waals surface area contributed by atoms with Gasteiger partial charge < -0.3 is 9.84 Å². The van der Waals surface area contributed by atoms with Gasteiger partial charge in [-0.2, -0.15) is 0 Å². The number of hydrogen-bond acceptors (Lipinski definition) is 5. The number of nitrogens with one attached hydrogen (secondary N) is 2. The second kappa shape index (κ2) is 4.86. The molecule has 7 heteroatoms. The van der Waals surface area contributed by atoms with Crippen molar-refractivity contribution in [1.82, 2.24) is 10.6 Å². The van der Waals surface area contributed by atoms with E-state index in [1.807, 2.05) is 0 Å². The number of carbonyl (C=O) groups excluding carboxylic acids is 2.